The van der Waals surface area contributed by atoms with Crippen LogP contribution < -0.4 is 5.32 Å². The van der Waals surface area contributed by atoms with Crippen LogP contribution in [-0.2, 0) is 19.9 Å². The van der Waals surface area contributed by atoms with Gasteiger partial charge in [0.15, 0.2) is 0 Å². The summed E-state index contributed by atoms with van der Waals surface area (Å²) in [5.41, 5.74) is 1.34. The van der Waals surface area contributed by atoms with Crippen LogP contribution in [0.4, 0.5) is 0 Å². The van der Waals surface area contributed by atoms with Crippen LogP contribution >= 0.6 is 15.9 Å². The Morgan fingerprint density at radius 3 is 2.75 bits per heavy atom. The largest absolute Gasteiger partial charge is 0.338 e. The molecular weight excluding hydrogens is 314 g/mol. The topological polar surface area (TPSA) is 29.9 Å². The minimum Gasteiger partial charge on any atom is -0.338 e. The molecule has 1 aromatic heterocycles. The first-order valence-corrected chi connectivity index (χ1v) is 7.93. The van der Waals surface area contributed by atoms with Gasteiger partial charge in [0.1, 0.15) is 5.82 Å². The number of nitrogens with one attached hydrogen (secondary N) is 1. The SMILES string of the molecule is CCCNC(Cc1ccccc1Br)Cc1nccn1C. The number of aryl methyl sites for hydroxylation is 1. The lowest BCUT2D eigenvalue weighted by Gasteiger charge is -2.19. The number of halogens is 1. The molecule has 0 spiro atoms. The first kappa shape index (κ1) is 15.3. The van der Waals surface area contributed by atoms with E-state index in [1.165, 1.54) is 10.0 Å². The molecule has 1 unspecified atom stereocenters. The van der Waals surface area contributed by atoms with Gasteiger partial charge in [0.2, 0.25) is 0 Å². The van der Waals surface area contributed by atoms with Crippen LogP contribution in [0.5, 0.6) is 0 Å². The number of hydrogen-bond acceptors (Lipinski definition) is 2. The molecule has 0 fully saturated rings. The maximum absolute atomic E-state index is 4.44. The fourth-order valence-electron chi connectivity index (χ4n) is 2.31. The summed E-state index contributed by atoms with van der Waals surface area (Å²) in [4.78, 5) is 4.44. The average molecular weight is 336 g/mol. The predicted octanol–water partition coefficient (Wildman–Crippen LogP) is 3.34. The van der Waals surface area contributed by atoms with Crippen LogP contribution in [0.3, 0.4) is 0 Å². The molecule has 20 heavy (non-hydrogen) atoms. The van der Waals surface area contributed by atoms with Gasteiger partial charge in [-0.05, 0) is 31.0 Å². The van der Waals surface area contributed by atoms with E-state index in [1.54, 1.807) is 0 Å². The number of rotatable bonds is 7. The van der Waals surface area contributed by atoms with Crippen LogP contribution in [0.25, 0.3) is 0 Å². The van der Waals surface area contributed by atoms with Crippen molar-refractivity contribution in [2.45, 2.75) is 32.2 Å². The van der Waals surface area contributed by atoms with Crippen LogP contribution in [0.15, 0.2) is 41.1 Å². The standard InChI is InChI=1S/C16H22BrN3/c1-3-8-18-14(12-16-19-9-10-20(16)2)11-13-6-4-5-7-15(13)17/h4-7,9-10,14,18H,3,8,11-12H2,1-2H3. The Hall–Kier alpha value is -1.13. The van der Waals surface area contributed by atoms with Crippen molar-refractivity contribution >= 4 is 15.9 Å². The highest BCUT2D eigenvalue weighted by molar-refractivity contribution is 9.10. The van der Waals surface area contributed by atoms with Crippen LogP contribution in [0.2, 0.25) is 0 Å². The molecule has 0 saturated carbocycles. The molecule has 1 N–H and O–H groups in total. The third kappa shape index (κ3) is 4.18. The number of hydrogen-bond donors (Lipinski definition) is 1. The number of benzene rings is 1. The summed E-state index contributed by atoms with van der Waals surface area (Å²) in [5, 5.41) is 3.64. The molecule has 0 amide bonds. The molecule has 1 atom stereocenters. The van der Waals surface area contributed by atoms with Crippen molar-refractivity contribution in [3.8, 4) is 0 Å². The van der Waals surface area contributed by atoms with Gasteiger partial charge in [-0.15, -0.1) is 0 Å². The van der Waals surface area contributed by atoms with Gasteiger partial charge in [0, 0.05) is 36.4 Å². The molecule has 4 heteroatoms. The fraction of sp³-hybridized carbons (Fsp3) is 0.438. The first-order chi connectivity index (χ1) is 9.70. The van der Waals surface area contributed by atoms with Crippen molar-refractivity contribution in [1.82, 2.24) is 14.9 Å². The normalized spacial score (nSPS) is 12.6. The molecule has 2 aromatic rings. The lowest BCUT2D eigenvalue weighted by molar-refractivity contribution is 0.489. The average Bonchev–Trinajstić information content (AvgIpc) is 2.84. The maximum atomic E-state index is 4.44. The maximum Gasteiger partial charge on any atom is 0.109 e. The molecule has 108 valence electrons. The molecule has 0 bridgehead atoms. The van der Waals surface area contributed by atoms with Gasteiger partial charge < -0.3 is 9.88 Å². The quantitative estimate of drug-likeness (QED) is 0.840. The monoisotopic (exact) mass is 335 g/mol. The number of aromatic nitrogens is 2. The van der Waals surface area contributed by atoms with E-state index >= 15 is 0 Å². The second kappa shape index (κ2) is 7.60. The molecule has 0 aliphatic carbocycles. The second-order valence-corrected chi connectivity index (χ2v) is 5.96. The third-order valence-electron chi connectivity index (χ3n) is 3.46. The van der Waals surface area contributed by atoms with E-state index < -0.39 is 0 Å². The zero-order chi connectivity index (χ0) is 14.4. The van der Waals surface area contributed by atoms with Crippen molar-refractivity contribution in [2.75, 3.05) is 6.54 Å². The highest BCUT2D eigenvalue weighted by Gasteiger charge is 2.13. The molecule has 0 saturated heterocycles. The number of imidazole rings is 1. The molecule has 2 rings (SSSR count). The molecule has 1 heterocycles. The Balaban J connectivity index is 2.07. The van der Waals surface area contributed by atoms with Crippen LogP contribution in [0.1, 0.15) is 24.7 Å². The van der Waals surface area contributed by atoms with E-state index in [9.17, 15) is 0 Å². The smallest absolute Gasteiger partial charge is 0.109 e. The first-order valence-electron chi connectivity index (χ1n) is 7.13. The van der Waals surface area contributed by atoms with Crippen LogP contribution in [-0.4, -0.2) is 22.1 Å². The summed E-state index contributed by atoms with van der Waals surface area (Å²) in [5.74, 6) is 1.13. The zero-order valence-electron chi connectivity index (χ0n) is 12.1. The molecular formula is C16H22BrN3. The Morgan fingerprint density at radius 2 is 2.10 bits per heavy atom. The lowest BCUT2D eigenvalue weighted by atomic mass is 10.0. The van der Waals surface area contributed by atoms with Crippen LogP contribution in [0, 0.1) is 0 Å². The molecule has 1 aromatic carbocycles. The Labute approximate surface area is 129 Å². The van der Waals surface area contributed by atoms with Gasteiger partial charge in [-0.25, -0.2) is 4.98 Å². The van der Waals surface area contributed by atoms with Gasteiger partial charge in [0.05, 0.1) is 0 Å². The highest BCUT2D eigenvalue weighted by atomic mass is 79.9. The van der Waals surface area contributed by atoms with Crippen molar-refractivity contribution in [1.29, 1.82) is 0 Å². The van der Waals surface area contributed by atoms with E-state index in [-0.39, 0.29) is 0 Å². The van der Waals surface area contributed by atoms with E-state index in [4.69, 9.17) is 0 Å². The highest BCUT2D eigenvalue weighted by Crippen LogP contribution is 2.18. The summed E-state index contributed by atoms with van der Waals surface area (Å²) >= 11 is 3.64. The minimum atomic E-state index is 0.412. The van der Waals surface area contributed by atoms with E-state index in [2.05, 4.69) is 69.0 Å². The summed E-state index contributed by atoms with van der Waals surface area (Å²) in [6.45, 7) is 3.24. The second-order valence-electron chi connectivity index (χ2n) is 5.11. The number of nitrogens with zero attached hydrogens (tertiary/aromatic N) is 2. The van der Waals surface area contributed by atoms with Crippen molar-refractivity contribution in [3.05, 3.63) is 52.5 Å². The van der Waals surface area contributed by atoms with E-state index in [0.29, 0.717) is 6.04 Å². The molecule has 0 radical (unpaired) electrons. The molecule has 0 aliphatic heterocycles. The third-order valence-corrected chi connectivity index (χ3v) is 4.23. The van der Waals surface area contributed by atoms with E-state index in [0.717, 1.165) is 31.6 Å². The van der Waals surface area contributed by atoms with Gasteiger partial charge in [-0.2, -0.15) is 0 Å². The summed E-state index contributed by atoms with van der Waals surface area (Å²) in [7, 11) is 2.05. The Bertz CT molecular complexity index is 536. The summed E-state index contributed by atoms with van der Waals surface area (Å²) in [6.07, 6.45) is 6.97. The van der Waals surface area contributed by atoms with Crippen molar-refractivity contribution in [2.24, 2.45) is 7.05 Å². The zero-order valence-corrected chi connectivity index (χ0v) is 13.7. The predicted molar refractivity (Wildman–Crippen MR) is 86.8 cm³/mol. The lowest BCUT2D eigenvalue weighted by Crippen LogP contribution is -2.34. The van der Waals surface area contributed by atoms with Gasteiger partial charge in [0.25, 0.3) is 0 Å². The molecule has 0 aliphatic rings. The summed E-state index contributed by atoms with van der Waals surface area (Å²) in [6, 6.07) is 8.85. The Morgan fingerprint density at radius 1 is 1.30 bits per heavy atom. The fourth-order valence-corrected chi connectivity index (χ4v) is 2.75. The van der Waals surface area contributed by atoms with Crippen molar-refractivity contribution in [3.63, 3.8) is 0 Å². The molecule has 3 nitrogen and oxygen atoms in total. The van der Waals surface area contributed by atoms with Gasteiger partial charge in [-0.3, -0.25) is 0 Å². The van der Waals surface area contributed by atoms with E-state index in [1.807, 2.05) is 12.4 Å². The van der Waals surface area contributed by atoms with Crippen molar-refractivity contribution < 1.29 is 0 Å². The van der Waals surface area contributed by atoms with Gasteiger partial charge >= 0.3 is 0 Å². The van der Waals surface area contributed by atoms with Gasteiger partial charge in [-0.1, -0.05) is 41.1 Å². The summed E-state index contributed by atoms with van der Waals surface area (Å²) < 4.78 is 3.28. The minimum absolute atomic E-state index is 0.412. The Kier molecular flexibility index (Phi) is 5.80.